The van der Waals surface area contributed by atoms with E-state index in [2.05, 4.69) is 10.3 Å². The molecule has 3 rings (SSSR count). The molecule has 1 fully saturated rings. The standard InChI is InChI=1S/C12H13N3O5S2/c16-11(14-12-13-3-8-21-12)9-1-2-10(20-9)22(17,18)15-4-6-19-7-5-15/h1-3,8H,4-7H2,(H,13,14,16). The highest BCUT2D eigenvalue weighted by molar-refractivity contribution is 7.89. The van der Waals surface area contributed by atoms with E-state index >= 15 is 0 Å². The van der Waals surface area contributed by atoms with Crippen LogP contribution < -0.4 is 5.32 Å². The molecule has 0 unspecified atom stereocenters. The third-order valence-corrected chi connectivity index (χ3v) is 5.48. The molecule has 2 aromatic heterocycles. The molecule has 22 heavy (non-hydrogen) atoms. The molecule has 0 radical (unpaired) electrons. The third-order valence-electron chi connectivity index (χ3n) is 3.02. The summed E-state index contributed by atoms with van der Waals surface area (Å²) in [5.41, 5.74) is 0. The van der Waals surface area contributed by atoms with Crippen molar-refractivity contribution < 1.29 is 22.4 Å². The number of hydrogen-bond donors (Lipinski definition) is 1. The second-order valence-electron chi connectivity index (χ2n) is 4.43. The first-order valence-corrected chi connectivity index (χ1v) is 8.78. The van der Waals surface area contributed by atoms with E-state index in [1.165, 1.54) is 27.8 Å². The van der Waals surface area contributed by atoms with E-state index in [0.29, 0.717) is 18.3 Å². The number of furan rings is 1. The summed E-state index contributed by atoms with van der Waals surface area (Å²) in [5, 5.41) is 4.41. The summed E-state index contributed by atoms with van der Waals surface area (Å²) in [4.78, 5) is 15.9. The molecule has 1 saturated heterocycles. The second-order valence-corrected chi connectivity index (χ2v) is 7.19. The number of sulfonamides is 1. The van der Waals surface area contributed by atoms with Gasteiger partial charge in [-0.1, -0.05) is 0 Å². The van der Waals surface area contributed by atoms with Gasteiger partial charge in [0, 0.05) is 24.7 Å². The van der Waals surface area contributed by atoms with Gasteiger partial charge in [0.05, 0.1) is 13.2 Å². The second kappa shape index (κ2) is 6.16. The molecule has 1 amide bonds. The molecule has 118 valence electrons. The fourth-order valence-corrected chi connectivity index (χ4v) is 3.78. The van der Waals surface area contributed by atoms with E-state index < -0.39 is 15.9 Å². The predicted octanol–water partition coefficient (Wildman–Crippen LogP) is 1.01. The maximum absolute atomic E-state index is 12.4. The number of nitrogens with zero attached hydrogens (tertiary/aromatic N) is 2. The Labute approximate surface area is 130 Å². The van der Waals surface area contributed by atoms with Gasteiger partial charge in [0.1, 0.15) is 0 Å². The van der Waals surface area contributed by atoms with Crippen LogP contribution in [-0.4, -0.2) is 49.9 Å². The van der Waals surface area contributed by atoms with Crippen LogP contribution in [0.4, 0.5) is 5.13 Å². The minimum absolute atomic E-state index is 0.0814. The number of rotatable bonds is 4. The van der Waals surface area contributed by atoms with Crippen LogP contribution in [0, 0.1) is 0 Å². The largest absolute Gasteiger partial charge is 0.438 e. The molecule has 0 atom stereocenters. The minimum atomic E-state index is -3.74. The number of ether oxygens (including phenoxy) is 1. The Morgan fingerprint density at radius 2 is 2.09 bits per heavy atom. The molecule has 0 saturated carbocycles. The lowest BCUT2D eigenvalue weighted by Gasteiger charge is -2.24. The van der Waals surface area contributed by atoms with Gasteiger partial charge in [-0.3, -0.25) is 10.1 Å². The quantitative estimate of drug-likeness (QED) is 0.889. The summed E-state index contributed by atoms with van der Waals surface area (Å²) in [5.74, 6) is -0.625. The Kier molecular flexibility index (Phi) is 4.25. The molecule has 0 aromatic carbocycles. The fourth-order valence-electron chi connectivity index (χ4n) is 1.94. The molecular formula is C12H13N3O5S2. The minimum Gasteiger partial charge on any atom is -0.438 e. The van der Waals surface area contributed by atoms with Crippen molar-refractivity contribution in [2.24, 2.45) is 0 Å². The van der Waals surface area contributed by atoms with Gasteiger partial charge in [0.15, 0.2) is 10.9 Å². The highest BCUT2D eigenvalue weighted by atomic mass is 32.2. The number of carbonyl (C=O) groups excluding carboxylic acids is 1. The molecule has 10 heteroatoms. The average molecular weight is 343 g/mol. The normalized spacial score (nSPS) is 16.5. The molecule has 8 nitrogen and oxygen atoms in total. The first kappa shape index (κ1) is 15.2. The molecule has 1 aliphatic heterocycles. The lowest BCUT2D eigenvalue weighted by Crippen LogP contribution is -2.40. The van der Waals surface area contributed by atoms with Crippen molar-refractivity contribution in [2.45, 2.75) is 5.09 Å². The van der Waals surface area contributed by atoms with Crippen molar-refractivity contribution in [1.29, 1.82) is 0 Å². The smallest absolute Gasteiger partial charge is 0.293 e. The fraction of sp³-hybridized carbons (Fsp3) is 0.333. The summed E-state index contributed by atoms with van der Waals surface area (Å²) < 4.78 is 36.4. The van der Waals surface area contributed by atoms with Crippen molar-refractivity contribution in [3.05, 3.63) is 29.5 Å². The summed E-state index contributed by atoms with van der Waals surface area (Å²) >= 11 is 1.26. The number of aromatic nitrogens is 1. The van der Waals surface area contributed by atoms with Crippen LogP contribution in [0.25, 0.3) is 0 Å². The summed E-state index contributed by atoms with van der Waals surface area (Å²) in [7, 11) is -3.74. The molecule has 1 N–H and O–H groups in total. The van der Waals surface area contributed by atoms with Crippen LogP contribution in [0.3, 0.4) is 0 Å². The van der Waals surface area contributed by atoms with Gasteiger partial charge in [0.2, 0.25) is 5.09 Å². The topological polar surface area (TPSA) is 102 Å². The van der Waals surface area contributed by atoms with Crippen LogP contribution in [-0.2, 0) is 14.8 Å². The Bertz CT molecular complexity index is 748. The molecule has 3 heterocycles. The Morgan fingerprint density at radius 3 is 2.77 bits per heavy atom. The monoisotopic (exact) mass is 343 g/mol. The number of anilines is 1. The van der Waals surface area contributed by atoms with Crippen molar-refractivity contribution >= 4 is 32.4 Å². The van der Waals surface area contributed by atoms with E-state index in [1.54, 1.807) is 11.6 Å². The molecule has 0 aliphatic carbocycles. The maximum Gasteiger partial charge on any atom is 0.293 e. The third kappa shape index (κ3) is 3.04. The number of hydrogen-bond acceptors (Lipinski definition) is 7. The SMILES string of the molecule is O=C(Nc1nccs1)c1ccc(S(=O)(=O)N2CCOCC2)o1. The van der Waals surface area contributed by atoms with Gasteiger partial charge in [-0.05, 0) is 12.1 Å². The summed E-state index contributed by atoms with van der Waals surface area (Å²) in [6.07, 6.45) is 1.55. The maximum atomic E-state index is 12.4. The summed E-state index contributed by atoms with van der Waals surface area (Å²) in [6, 6.07) is 2.61. The zero-order valence-corrected chi connectivity index (χ0v) is 13.0. The van der Waals surface area contributed by atoms with Crippen molar-refractivity contribution in [3.8, 4) is 0 Å². The van der Waals surface area contributed by atoms with E-state index in [9.17, 15) is 13.2 Å². The van der Waals surface area contributed by atoms with Crippen LogP contribution >= 0.6 is 11.3 Å². The van der Waals surface area contributed by atoms with Crippen molar-refractivity contribution in [1.82, 2.24) is 9.29 Å². The highest BCUT2D eigenvalue weighted by Crippen LogP contribution is 2.21. The lowest BCUT2D eigenvalue weighted by molar-refractivity contribution is 0.0723. The number of amides is 1. The van der Waals surface area contributed by atoms with Crippen molar-refractivity contribution in [3.63, 3.8) is 0 Å². The lowest BCUT2D eigenvalue weighted by atomic mass is 10.4. The van der Waals surface area contributed by atoms with Crippen LogP contribution in [0.15, 0.2) is 33.2 Å². The molecule has 1 aliphatic rings. The van der Waals surface area contributed by atoms with E-state index in [0.717, 1.165) is 0 Å². The van der Waals surface area contributed by atoms with Crippen LogP contribution in [0.5, 0.6) is 0 Å². The predicted molar refractivity (Wildman–Crippen MR) is 78.4 cm³/mol. The molecule has 0 bridgehead atoms. The van der Waals surface area contributed by atoms with E-state index in [-0.39, 0.29) is 23.9 Å². The van der Waals surface area contributed by atoms with Gasteiger partial charge in [0.25, 0.3) is 15.9 Å². The van der Waals surface area contributed by atoms with Crippen LogP contribution in [0.2, 0.25) is 0 Å². The molecular weight excluding hydrogens is 330 g/mol. The summed E-state index contributed by atoms with van der Waals surface area (Å²) in [6.45, 7) is 1.22. The van der Waals surface area contributed by atoms with Gasteiger partial charge < -0.3 is 9.15 Å². The Morgan fingerprint density at radius 1 is 1.32 bits per heavy atom. The van der Waals surface area contributed by atoms with Gasteiger partial charge in [-0.15, -0.1) is 11.3 Å². The number of thiazole rings is 1. The molecule has 0 spiro atoms. The van der Waals surface area contributed by atoms with E-state index in [1.807, 2.05) is 0 Å². The number of carbonyl (C=O) groups is 1. The Balaban J connectivity index is 1.76. The Hall–Kier alpha value is -1.75. The van der Waals surface area contributed by atoms with Gasteiger partial charge in [-0.2, -0.15) is 4.31 Å². The van der Waals surface area contributed by atoms with Gasteiger partial charge >= 0.3 is 0 Å². The van der Waals surface area contributed by atoms with Crippen LogP contribution in [0.1, 0.15) is 10.6 Å². The number of morpholine rings is 1. The first-order chi connectivity index (χ1) is 10.6. The average Bonchev–Trinajstić information content (AvgIpc) is 3.19. The zero-order chi connectivity index (χ0) is 15.6. The molecule has 2 aromatic rings. The van der Waals surface area contributed by atoms with Gasteiger partial charge in [-0.25, -0.2) is 13.4 Å². The first-order valence-electron chi connectivity index (χ1n) is 6.46. The highest BCUT2D eigenvalue weighted by Gasteiger charge is 2.30. The van der Waals surface area contributed by atoms with E-state index in [4.69, 9.17) is 9.15 Å². The zero-order valence-electron chi connectivity index (χ0n) is 11.4. The number of nitrogens with one attached hydrogen (secondary N) is 1. The van der Waals surface area contributed by atoms with Crippen molar-refractivity contribution in [2.75, 3.05) is 31.6 Å².